The molecule has 0 saturated carbocycles. The van der Waals surface area contributed by atoms with Gasteiger partial charge >= 0.3 is 6.09 Å². The Hall–Kier alpha value is -5.72. The smallest absolute Gasteiger partial charge is 0.420 e. The normalized spacial score (nSPS) is 10.7. The molecule has 0 fully saturated rings. The number of phenolic OH excluding ortho intramolecular Hbond substituents is 1. The Labute approximate surface area is 247 Å². The summed E-state index contributed by atoms with van der Waals surface area (Å²) >= 11 is 0. The van der Waals surface area contributed by atoms with E-state index in [9.17, 15) is 19.5 Å². The number of aromatic hydroxyl groups is 1. The van der Waals surface area contributed by atoms with Crippen LogP contribution < -0.4 is 26.8 Å². The number of nitrogens with two attached hydrogens (primary N) is 1. The molecule has 13 heteroatoms. The molecule has 0 aliphatic heterocycles. The van der Waals surface area contributed by atoms with Crippen molar-refractivity contribution in [2.45, 2.75) is 39.6 Å². The lowest BCUT2D eigenvalue weighted by Gasteiger charge is -2.18. The van der Waals surface area contributed by atoms with E-state index in [0.29, 0.717) is 22.5 Å². The first-order valence-corrected chi connectivity index (χ1v) is 13.3. The van der Waals surface area contributed by atoms with Crippen molar-refractivity contribution in [1.29, 1.82) is 5.41 Å². The predicted molar refractivity (Wildman–Crippen MR) is 163 cm³/mol. The summed E-state index contributed by atoms with van der Waals surface area (Å²) in [4.78, 5) is 48.1. The van der Waals surface area contributed by atoms with Gasteiger partial charge in [0, 0.05) is 47.9 Å². The molecule has 43 heavy (non-hydrogen) atoms. The number of carbonyl (C=O) groups excluding carboxylic acids is 2. The fourth-order valence-corrected chi connectivity index (χ4v) is 4.14. The number of anilines is 3. The van der Waals surface area contributed by atoms with Gasteiger partial charge in [-0.2, -0.15) is 0 Å². The first-order chi connectivity index (χ1) is 20.6. The van der Waals surface area contributed by atoms with Crippen LogP contribution in [0.2, 0.25) is 0 Å². The van der Waals surface area contributed by atoms with E-state index in [-0.39, 0.29) is 43.0 Å². The quantitative estimate of drug-likeness (QED) is 0.0998. The Morgan fingerprint density at radius 1 is 1.14 bits per heavy atom. The molecule has 2 aromatic heterocycles. The zero-order chi connectivity index (χ0) is 30.9. The van der Waals surface area contributed by atoms with Gasteiger partial charge in [0.1, 0.15) is 18.9 Å². The highest BCUT2D eigenvalue weighted by Gasteiger charge is 2.18. The molecule has 0 spiro atoms. The second kappa shape index (κ2) is 13.8. The summed E-state index contributed by atoms with van der Waals surface area (Å²) in [6, 6.07) is 14.5. The Morgan fingerprint density at radius 2 is 1.91 bits per heavy atom. The molecular weight excluding hydrogens is 552 g/mol. The van der Waals surface area contributed by atoms with Gasteiger partial charge in [0.25, 0.3) is 5.56 Å². The number of ether oxygens (including phenoxy) is 1. The molecule has 0 bridgehead atoms. The van der Waals surface area contributed by atoms with Crippen LogP contribution in [-0.2, 0) is 29.2 Å². The average molecular weight is 585 g/mol. The molecule has 0 saturated heterocycles. The van der Waals surface area contributed by atoms with Crippen molar-refractivity contribution >= 4 is 35.5 Å². The van der Waals surface area contributed by atoms with Crippen molar-refractivity contribution in [2.75, 3.05) is 16.0 Å². The number of phenols is 1. The van der Waals surface area contributed by atoms with E-state index in [1.165, 1.54) is 22.9 Å². The van der Waals surface area contributed by atoms with Gasteiger partial charge in [-0.15, -0.1) is 0 Å². The van der Waals surface area contributed by atoms with E-state index in [4.69, 9.17) is 15.9 Å². The number of hydrogen-bond donors (Lipinski definition) is 5. The summed E-state index contributed by atoms with van der Waals surface area (Å²) in [5, 5.41) is 23.5. The van der Waals surface area contributed by atoms with Crippen LogP contribution in [0.3, 0.4) is 0 Å². The SMILES string of the molecule is CC(C)Nc1ncc(-c2cc(N)cc(O)c2)n(CC(=O)NCc2ccc(N(C=N)C(=O)OCc3cccnc3)cc2)c1=O. The summed E-state index contributed by atoms with van der Waals surface area (Å²) in [5.41, 5.74) is 8.24. The number of hydrogen-bond acceptors (Lipinski definition) is 10. The van der Waals surface area contributed by atoms with Gasteiger partial charge in [0.05, 0.1) is 23.9 Å². The highest BCUT2D eigenvalue weighted by atomic mass is 16.6. The van der Waals surface area contributed by atoms with Gasteiger partial charge in [-0.1, -0.05) is 18.2 Å². The fourth-order valence-electron chi connectivity index (χ4n) is 4.14. The molecule has 0 aliphatic rings. The van der Waals surface area contributed by atoms with Crippen LogP contribution >= 0.6 is 0 Å². The molecule has 0 atom stereocenters. The van der Waals surface area contributed by atoms with E-state index in [1.807, 2.05) is 13.8 Å². The predicted octanol–water partition coefficient (Wildman–Crippen LogP) is 3.48. The molecule has 13 nitrogen and oxygen atoms in total. The van der Waals surface area contributed by atoms with Crippen LogP contribution in [0, 0.1) is 5.41 Å². The van der Waals surface area contributed by atoms with Gasteiger partial charge in [-0.25, -0.2) is 14.7 Å². The molecule has 6 N–H and O–H groups in total. The number of aromatic nitrogens is 3. The van der Waals surface area contributed by atoms with Crippen LogP contribution in [0.5, 0.6) is 5.75 Å². The van der Waals surface area contributed by atoms with Crippen molar-refractivity contribution in [3.05, 3.63) is 94.7 Å². The van der Waals surface area contributed by atoms with Gasteiger partial charge in [0.2, 0.25) is 5.91 Å². The molecule has 2 heterocycles. The number of benzene rings is 2. The first-order valence-electron chi connectivity index (χ1n) is 13.3. The van der Waals surface area contributed by atoms with E-state index < -0.39 is 17.6 Å². The van der Waals surface area contributed by atoms with Crippen molar-refractivity contribution in [1.82, 2.24) is 19.9 Å². The zero-order valence-electron chi connectivity index (χ0n) is 23.7. The van der Waals surface area contributed by atoms with Gasteiger partial charge in [-0.3, -0.25) is 24.5 Å². The maximum absolute atomic E-state index is 13.3. The number of rotatable bonds is 11. The number of carbonyl (C=O) groups is 2. The van der Waals surface area contributed by atoms with Gasteiger partial charge in [-0.05, 0) is 49.7 Å². The summed E-state index contributed by atoms with van der Waals surface area (Å²) in [6.45, 7) is 3.55. The number of amides is 2. The van der Waals surface area contributed by atoms with Crippen molar-refractivity contribution in [2.24, 2.45) is 0 Å². The van der Waals surface area contributed by atoms with Crippen LogP contribution in [0.4, 0.5) is 22.0 Å². The lowest BCUT2D eigenvalue weighted by atomic mass is 10.1. The zero-order valence-corrected chi connectivity index (χ0v) is 23.7. The van der Waals surface area contributed by atoms with Gasteiger partial charge in [0.15, 0.2) is 5.82 Å². The van der Waals surface area contributed by atoms with E-state index >= 15 is 0 Å². The van der Waals surface area contributed by atoms with Crippen molar-refractivity contribution in [3.8, 4) is 17.0 Å². The molecule has 2 aromatic carbocycles. The summed E-state index contributed by atoms with van der Waals surface area (Å²) in [5.74, 6) is -0.443. The highest BCUT2D eigenvalue weighted by molar-refractivity contribution is 6.03. The third-order valence-corrected chi connectivity index (χ3v) is 6.13. The largest absolute Gasteiger partial charge is 0.508 e. The second-order valence-corrected chi connectivity index (χ2v) is 9.85. The standard InChI is InChI=1S/C30H32N8O5/c1-19(2)36-28-29(41)37(26(15-35-28)22-10-23(32)12-25(39)11-22)16-27(40)34-14-20-5-7-24(8-6-20)38(18-31)30(42)43-17-21-4-3-9-33-13-21/h3-13,15,18-19,31,39H,14,16-17,32H2,1-2H3,(H,34,40)(H,35,36). The minimum atomic E-state index is -0.724. The minimum Gasteiger partial charge on any atom is -0.508 e. The van der Waals surface area contributed by atoms with E-state index in [2.05, 4.69) is 20.6 Å². The monoisotopic (exact) mass is 584 g/mol. The summed E-state index contributed by atoms with van der Waals surface area (Å²) in [6.07, 6.45) is 4.78. The van der Waals surface area contributed by atoms with E-state index in [0.717, 1.165) is 16.8 Å². The molecular formula is C30H32N8O5. The van der Waals surface area contributed by atoms with Crippen LogP contribution in [-0.4, -0.2) is 44.0 Å². The number of nitrogens with zero attached hydrogens (tertiary/aromatic N) is 4. The van der Waals surface area contributed by atoms with Crippen molar-refractivity contribution < 1.29 is 19.4 Å². The van der Waals surface area contributed by atoms with Crippen molar-refractivity contribution in [3.63, 3.8) is 0 Å². The average Bonchev–Trinajstić information content (AvgIpc) is 2.98. The lowest BCUT2D eigenvalue weighted by Crippen LogP contribution is -2.35. The van der Waals surface area contributed by atoms with E-state index in [1.54, 1.807) is 54.9 Å². The Bertz CT molecular complexity index is 1640. The first kappa shape index (κ1) is 30.2. The van der Waals surface area contributed by atoms with Crippen LogP contribution in [0.25, 0.3) is 11.3 Å². The Kier molecular flexibility index (Phi) is 9.68. The maximum atomic E-state index is 13.3. The molecule has 222 valence electrons. The Balaban J connectivity index is 1.44. The third kappa shape index (κ3) is 7.94. The molecule has 0 unspecified atom stereocenters. The summed E-state index contributed by atoms with van der Waals surface area (Å²) in [7, 11) is 0. The number of nitrogens with one attached hydrogen (secondary N) is 3. The number of nitrogen functional groups attached to an aromatic ring is 1. The fraction of sp³-hybridized carbons (Fsp3) is 0.200. The topological polar surface area (TPSA) is 189 Å². The second-order valence-electron chi connectivity index (χ2n) is 9.85. The Morgan fingerprint density at radius 3 is 2.56 bits per heavy atom. The van der Waals surface area contributed by atoms with Gasteiger partial charge < -0.3 is 26.2 Å². The molecule has 4 rings (SSSR count). The molecule has 0 aliphatic carbocycles. The highest BCUT2D eigenvalue weighted by Crippen LogP contribution is 2.26. The van der Waals surface area contributed by atoms with Crippen LogP contribution in [0.15, 0.2) is 78.0 Å². The minimum absolute atomic E-state index is 0.0112. The molecule has 4 aromatic rings. The number of pyridine rings is 1. The lowest BCUT2D eigenvalue weighted by molar-refractivity contribution is -0.121. The molecule has 2 amide bonds. The summed E-state index contributed by atoms with van der Waals surface area (Å²) < 4.78 is 6.54. The molecule has 0 radical (unpaired) electrons. The van der Waals surface area contributed by atoms with Crippen LogP contribution in [0.1, 0.15) is 25.0 Å². The maximum Gasteiger partial charge on any atom is 0.420 e. The third-order valence-electron chi connectivity index (χ3n) is 6.13.